The first-order chi connectivity index (χ1) is 16.1. The highest BCUT2D eigenvalue weighted by Crippen LogP contribution is 2.34. The Morgan fingerprint density at radius 1 is 0.818 bits per heavy atom. The molecule has 0 spiro atoms. The van der Waals surface area contributed by atoms with Crippen LogP contribution in [0, 0.1) is 6.92 Å². The number of aromatic nitrogens is 2. The summed E-state index contributed by atoms with van der Waals surface area (Å²) in [4.78, 5) is 14.4. The third kappa shape index (κ3) is 4.96. The van der Waals surface area contributed by atoms with E-state index < -0.39 is 5.60 Å². The highest BCUT2D eigenvalue weighted by Gasteiger charge is 2.35. The maximum absolute atomic E-state index is 11.2. The Balaban J connectivity index is 1.39. The average Bonchev–Trinajstić information content (AvgIpc) is 2.87. The smallest absolute Gasteiger partial charge is 0.229 e. The summed E-state index contributed by atoms with van der Waals surface area (Å²) in [5, 5.41) is 14.7. The second-order valence-electron chi connectivity index (χ2n) is 9.33. The molecule has 6 heteroatoms. The summed E-state index contributed by atoms with van der Waals surface area (Å²) < 4.78 is 0. The molecule has 0 radical (unpaired) electrons. The normalized spacial score (nSPS) is 18.2. The molecule has 0 amide bonds. The van der Waals surface area contributed by atoms with E-state index in [9.17, 15) is 5.11 Å². The van der Waals surface area contributed by atoms with E-state index >= 15 is 0 Å². The number of nitrogens with one attached hydrogen (secondary N) is 1. The fraction of sp³-hybridized carbons (Fsp3) is 0.407. The van der Waals surface area contributed by atoms with Gasteiger partial charge in [-0.1, -0.05) is 48.0 Å². The number of aryl methyl sites for hydroxylation is 1. The molecule has 2 aliphatic rings. The Labute approximate surface area is 196 Å². The molecule has 2 aliphatic heterocycles. The van der Waals surface area contributed by atoms with Crippen molar-refractivity contribution in [3.05, 3.63) is 71.8 Å². The van der Waals surface area contributed by atoms with Crippen LogP contribution in [0.3, 0.4) is 0 Å². The van der Waals surface area contributed by atoms with Crippen molar-refractivity contribution in [2.45, 2.75) is 44.6 Å². The van der Waals surface area contributed by atoms with Crippen molar-refractivity contribution in [3.63, 3.8) is 0 Å². The molecule has 0 bridgehead atoms. The summed E-state index contributed by atoms with van der Waals surface area (Å²) in [6, 6.07) is 20.5. The molecular weight excluding hydrogens is 410 g/mol. The van der Waals surface area contributed by atoms with Crippen LogP contribution in [0.4, 0.5) is 23.3 Å². The van der Waals surface area contributed by atoms with E-state index in [1.807, 2.05) is 30.3 Å². The minimum atomic E-state index is -0.786. The number of anilines is 4. The molecule has 5 rings (SSSR count). The van der Waals surface area contributed by atoms with Crippen molar-refractivity contribution >= 4 is 23.3 Å². The standard InChI is InChI=1S/C27H33N5O/c1-21-10-12-23(13-11-21)28-24-20-25(31-16-6-3-7-17-31)30-26(29-24)32-18-14-27(33,15-19-32)22-8-4-2-5-9-22/h2,4-5,8-13,20,33H,3,6-7,14-19H2,1H3,(H,28,29,30). The van der Waals surface area contributed by atoms with Crippen molar-refractivity contribution in [1.82, 2.24) is 9.97 Å². The van der Waals surface area contributed by atoms with E-state index in [1.165, 1.54) is 24.8 Å². The maximum atomic E-state index is 11.2. The minimum Gasteiger partial charge on any atom is -0.385 e. The molecule has 172 valence electrons. The summed E-state index contributed by atoms with van der Waals surface area (Å²) in [6.45, 7) is 5.61. The van der Waals surface area contributed by atoms with Gasteiger partial charge in [0.2, 0.25) is 5.95 Å². The van der Waals surface area contributed by atoms with Gasteiger partial charge < -0.3 is 20.2 Å². The Morgan fingerprint density at radius 3 is 2.21 bits per heavy atom. The molecule has 0 unspecified atom stereocenters. The lowest BCUT2D eigenvalue weighted by Crippen LogP contribution is -2.43. The van der Waals surface area contributed by atoms with Crippen LogP contribution in [0.1, 0.15) is 43.2 Å². The first-order valence-corrected chi connectivity index (χ1v) is 12.1. The molecule has 2 aromatic carbocycles. The van der Waals surface area contributed by atoms with E-state index in [0.717, 1.165) is 55.0 Å². The number of hydrogen-bond acceptors (Lipinski definition) is 6. The van der Waals surface area contributed by atoms with Crippen LogP contribution in [0.5, 0.6) is 0 Å². The highest BCUT2D eigenvalue weighted by molar-refractivity contribution is 5.62. The zero-order valence-corrected chi connectivity index (χ0v) is 19.4. The van der Waals surface area contributed by atoms with Gasteiger partial charge >= 0.3 is 0 Å². The number of aliphatic hydroxyl groups is 1. The first-order valence-electron chi connectivity index (χ1n) is 12.1. The quantitative estimate of drug-likeness (QED) is 0.578. The molecule has 2 fully saturated rings. The van der Waals surface area contributed by atoms with Crippen LogP contribution in [0.25, 0.3) is 0 Å². The van der Waals surface area contributed by atoms with Gasteiger partial charge in [0, 0.05) is 37.9 Å². The van der Waals surface area contributed by atoms with Crippen LogP contribution in [0.2, 0.25) is 0 Å². The summed E-state index contributed by atoms with van der Waals surface area (Å²) in [6.07, 6.45) is 5.01. The molecule has 2 saturated heterocycles. The van der Waals surface area contributed by atoms with Crippen molar-refractivity contribution in [1.29, 1.82) is 0 Å². The van der Waals surface area contributed by atoms with Gasteiger partial charge in [-0.25, -0.2) is 0 Å². The van der Waals surface area contributed by atoms with Gasteiger partial charge in [0.1, 0.15) is 11.6 Å². The van der Waals surface area contributed by atoms with E-state index in [0.29, 0.717) is 12.8 Å². The average molecular weight is 444 g/mol. The Morgan fingerprint density at radius 2 is 1.52 bits per heavy atom. The second-order valence-corrected chi connectivity index (χ2v) is 9.33. The van der Waals surface area contributed by atoms with Gasteiger partial charge in [-0.2, -0.15) is 9.97 Å². The van der Waals surface area contributed by atoms with Crippen molar-refractivity contribution in [2.24, 2.45) is 0 Å². The van der Waals surface area contributed by atoms with E-state index in [-0.39, 0.29) is 0 Å². The van der Waals surface area contributed by atoms with Gasteiger partial charge in [-0.3, -0.25) is 0 Å². The Kier molecular flexibility index (Phi) is 6.18. The fourth-order valence-corrected chi connectivity index (χ4v) is 4.81. The molecule has 0 aliphatic carbocycles. The van der Waals surface area contributed by atoms with Gasteiger partial charge in [0.05, 0.1) is 5.60 Å². The Hall–Kier alpha value is -3.12. The highest BCUT2D eigenvalue weighted by atomic mass is 16.3. The van der Waals surface area contributed by atoms with Gasteiger partial charge in [-0.15, -0.1) is 0 Å². The molecule has 1 aromatic heterocycles. The number of piperidine rings is 2. The zero-order valence-electron chi connectivity index (χ0n) is 19.4. The first kappa shape index (κ1) is 21.7. The zero-order chi connectivity index (χ0) is 22.7. The lowest BCUT2D eigenvalue weighted by Gasteiger charge is -2.39. The lowest BCUT2D eigenvalue weighted by atomic mass is 9.84. The summed E-state index contributed by atoms with van der Waals surface area (Å²) in [5.41, 5.74) is 2.46. The van der Waals surface area contributed by atoms with Gasteiger partial charge in [0.15, 0.2) is 0 Å². The fourth-order valence-electron chi connectivity index (χ4n) is 4.81. The van der Waals surface area contributed by atoms with Crippen LogP contribution in [-0.2, 0) is 5.60 Å². The van der Waals surface area contributed by atoms with Crippen molar-refractivity contribution in [2.75, 3.05) is 41.3 Å². The monoisotopic (exact) mass is 443 g/mol. The van der Waals surface area contributed by atoms with Crippen LogP contribution in [-0.4, -0.2) is 41.3 Å². The van der Waals surface area contributed by atoms with Crippen LogP contribution >= 0.6 is 0 Å². The third-order valence-electron chi connectivity index (χ3n) is 6.89. The molecule has 0 saturated carbocycles. The third-order valence-corrected chi connectivity index (χ3v) is 6.89. The summed E-state index contributed by atoms with van der Waals surface area (Å²) in [5.74, 6) is 2.54. The Bertz CT molecular complexity index is 1060. The SMILES string of the molecule is Cc1ccc(Nc2cc(N3CCCCC3)nc(N3CCC(O)(c4ccccc4)CC3)n2)cc1. The number of hydrogen-bond donors (Lipinski definition) is 2. The maximum Gasteiger partial charge on any atom is 0.229 e. The number of nitrogens with zero attached hydrogens (tertiary/aromatic N) is 4. The minimum absolute atomic E-state index is 0.662. The molecular formula is C27H33N5O. The largest absolute Gasteiger partial charge is 0.385 e. The number of benzene rings is 2. The second kappa shape index (κ2) is 9.40. The van der Waals surface area contributed by atoms with Crippen molar-refractivity contribution < 1.29 is 5.11 Å². The molecule has 3 heterocycles. The van der Waals surface area contributed by atoms with Crippen molar-refractivity contribution in [3.8, 4) is 0 Å². The van der Waals surface area contributed by atoms with E-state index in [1.54, 1.807) is 0 Å². The van der Waals surface area contributed by atoms with Gasteiger partial charge in [0.25, 0.3) is 0 Å². The summed E-state index contributed by atoms with van der Waals surface area (Å²) >= 11 is 0. The molecule has 0 atom stereocenters. The van der Waals surface area contributed by atoms with E-state index in [2.05, 4.69) is 52.4 Å². The molecule has 33 heavy (non-hydrogen) atoms. The molecule has 2 N–H and O–H groups in total. The number of rotatable bonds is 5. The predicted molar refractivity (Wildman–Crippen MR) is 134 cm³/mol. The van der Waals surface area contributed by atoms with E-state index in [4.69, 9.17) is 9.97 Å². The topological polar surface area (TPSA) is 64.5 Å². The summed E-state index contributed by atoms with van der Waals surface area (Å²) in [7, 11) is 0. The lowest BCUT2D eigenvalue weighted by molar-refractivity contribution is 0.0115. The van der Waals surface area contributed by atoms with Gasteiger partial charge in [-0.05, 0) is 56.7 Å². The van der Waals surface area contributed by atoms with Crippen LogP contribution in [0.15, 0.2) is 60.7 Å². The van der Waals surface area contributed by atoms with Crippen LogP contribution < -0.4 is 15.1 Å². The molecule has 6 nitrogen and oxygen atoms in total. The predicted octanol–water partition coefficient (Wildman–Crippen LogP) is 5.01. The molecule has 3 aromatic rings.